The van der Waals surface area contributed by atoms with Crippen molar-refractivity contribution in [3.8, 4) is 0 Å². The fourth-order valence-electron chi connectivity index (χ4n) is 4.22. The van der Waals surface area contributed by atoms with Gasteiger partial charge in [-0.15, -0.1) is 0 Å². The number of benzene rings is 2. The molecule has 0 aromatic heterocycles. The van der Waals surface area contributed by atoms with Gasteiger partial charge in [0.25, 0.3) is 0 Å². The third-order valence-corrected chi connectivity index (χ3v) is 5.48. The summed E-state index contributed by atoms with van der Waals surface area (Å²) in [5.41, 5.74) is 9.32. The SMILES string of the molecule is C=CC(=O)N[C@H]1CC[C@@H](c2cc(C)ccc2C)c2c(C)ccc(C)c21. The van der Waals surface area contributed by atoms with Gasteiger partial charge < -0.3 is 5.32 Å². The van der Waals surface area contributed by atoms with E-state index in [1.807, 2.05) is 0 Å². The minimum atomic E-state index is -0.0953. The third-order valence-electron chi connectivity index (χ3n) is 5.48. The zero-order valence-electron chi connectivity index (χ0n) is 15.6. The monoisotopic (exact) mass is 333 g/mol. The Morgan fingerprint density at radius 3 is 2.32 bits per heavy atom. The summed E-state index contributed by atoms with van der Waals surface area (Å²) in [6.45, 7) is 12.3. The van der Waals surface area contributed by atoms with Gasteiger partial charge in [0.1, 0.15) is 0 Å². The van der Waals surface area contributed by atoms with E-state index in [2.05, 4.69) is 69.9 Å². The molecule has 2 aromatic carbocycles. The standard InChI is InChI=1S/C23H27NO/c1-6-21(25)24-20-12-11-18(19-13-14(2)7-8-15(19)3)22-16(4)9-10-17(5)23(20)22/h6-10,13,18,20H,1,11-12H2,2-5H3,(H,24,25)/t18-,20-/m0/s1. The minimum Gasteiger partial charge on any atom is -0.346 e. The summed E-state index contributed by atoms with van der Waals surface area (Å²) < 4.78 is 0. The van der Waals surface area contributed by atoms with Crippen molar-refractivity contribution in [1.29, 1.82) is 0 Å². The molecule has 1 amide bonds. The van der Waals surface area contributed by atoms with Crippen LogP contribution in [0.3, 0.4) is 0 Å². The van der Waals surface area contributed by atoms with Gasteiger partial charge >= 0.3 is 0 Å². The van der Waals surface area contributed by atoms with Gasteiger partial charge in [-0.05, 0) is 80.0 Å². The van der Waals surface area contributed by atoms with Gasteiger partial charge in [-0.1, -0.05) is 42.5 Å². The number of nitrogens with one attached hydrogen (secondary N) is 1. The Hall–Kier alpha value is -2.35. The van der Waals surface area contributed by atoms with Crippen LogP contribution in [0, 0.1) is 27.7 Å². The van der Waals surface area contributed by atoms with Crippen LogP contribution in [-0.2, 0) is 4.79 Å². The molecule has 25 heavy (non-hydrogen) atoms. The Bertz CT molecular complexity index is 834. The number of carbonyl (C=O) groups is 1. The molecule has 3 rings (SSSR count). The van der Waals surface area contributed by atoms with Crippen LogP contribution in [0.25, 0.3) is 0 Å². The van der Waals surface area contributed by atoms with E-state index in [0.717, 1.165) is 12.8 Å². The van der Waals surface area contributed by atoms with Crippen LogP contribution in [0.5, 0.6) is 0 Å². The van der Waals surface area contributed by atoms with Gasteiger partial charge in [0.15, 0.2) is 0 Å². The topological polar surface area (TPSA) is 29.1 Å². The van der Waals surface area contributed by atoms with Crippen LogP contribution in [-0.4, -0.2) is 5.91 Å². The zero-order chi connectivity index (χ0) is 18.1. The highest BCUT2D eigenvalue weighted by atomic mass is 16.1. The van der Waals surface area contributed by atoms with Crippen LogP contribution >= 0.6 is 0 Å². The molecule has 130 valence electrons. The third kappa shape index (κ3) is 3.26. The van der Waals surface area contributed by atoms with E-state index in [0.29, 0.717) is 5.92 Å². The van der Waals surface area contributed by atoms with Crippen LogP contribution in [0.2, 0.25) is 0 Å². The molecule has 0 fully saturated rings. The number of carbonyl (C=O) groups excluding carboxylic acids is 1. The van der Waals surface area contributed by atoms with Gasteiger partial charge in [0.05, 0.1) is 6.04 Å². The average Bonchev–Trinajstić information content (AvgIpc) is 2.60. The van der Waals surface area contributed by atoms with Crippen molar-refractivity contribution >= 4 is 5.91 Å². The first kappa shape index (κ1) is 17.5. The second-order valence-corrected chi connectivity index (χ2v) is 7.28. The van der Waals surface area contributed by atoms with Gasteiger partial charge in [-0.3, -0.25) is 4.79 Å². The quantitative estimate of drug-likeness (QED) is 0.770. The molecule has 0 saturated heterocycles. The molecule has 0 bridgehead atoms. The number of hydrogen-bond acceptors (Lipinski definition) is 1. The molecule has 0 aliphatic heterocycles. The van der Waals surface area contributed by atoms with Gasteiger partial charge in [0.2, 0.25) is 5.91 Å². The lowest BCUT2D eigenvalue weighted by molar-refractivity contribution is -0.117. The molecule has 2 nitrogen and oxygen atoms in total. The first-order valence-electron chi connectivity index (χ1n) is 9.02. The second kappa shape index (κ2) is 6.87. The maximum Gasteiger partial charge on any atom is 0.243 e. The van der Waals surface area contributed by atoms with Crippen LogP contribution in [0.1, 0.15) is 63.7 Å². The summed E-state index contributed by atoms with van der Waals surface area (Å²) in [5.74, 6) is 0.300. The van der Waals surface area contributed by atoms with Crippen molar-refractivity contribution in [2.24, 2.45) is 0 Å². The van der Waals surface area contributed by atoms with E-state index in [-0.39, 0.29) is 11.9 Å². The zero-order valence-corrected chi connectivity index (χ0v) is 15.6. The second-order valence-electron chi connectivity index (χ2n) is 7.28. The number of rotatable bonds is 3. The molecule has 2 aromatic rings. The van der Waals surface area contributed by atoms with Crippen LogP contribution in [0.4, 0.5) is 0 Å². The summed E-state index contributed by atoms with van der Waals surface area (Å²) in [4.78, 5) is 11.9. The molecule has 0 saturated carbocycles. The predicted molar refractivity (Wildman–Crippen MR) is 104 cm³/mol. The average molecular weight is 333 g/mol. The van der Waals surface area contributed by atoms with E-state index in [4.69, 9.17) is 0 Å². The van der Waals surface area contributed by atoms with Gasteiger partial charge in [-0.2, -0.15) is 0 Å². The van der Waals surface area contributed by atoms with Gasteiger partial charge in [0, 0.05) is 5.92 Å². The van der Waals surface area contributed by atoms with Crippen LogP contribution in [0.15, 0.2) is 43.0 Å². The molecule has 2 heteroatoms. The Morgan fingerprint density at radius 1 is 1.00 bits per heavy atom. The normalized spacial score (nSPS) is 19.2. The first-order valence-corrected chi connectivity index (χ1v) is 9.02. The van der Waals surface area contributed by atoms with Crippen molar-refractivity contribution in [3.63, 3.8) is 0 Å². The lowest BCUT2D eigenvalue weighted by atomic mass is 9.72. The van der Waals surface area contributed by atoms with Crippen LogP contribution < -0.4 is 5.32 Å². The van der Waals surface area contributed by atoms with E-state index >= 15 is 0 Å². The minimum absolute atomic E-state index is 0.0711. The molecule has 0 unspecified atom stereocenters. The largest absolute Gasteiger partial charge is 0.346 e. The summed E-state index contributed by atoms with van der Waals surface area (Å²) >= 11 is 0. The summed E-state index contributed by atoms with van der Waals surface area (Å²) in [7, 11) is 0. The molecule has 0 heterocycles. The smallest absolute Gasteiger partial charge is 0.243 e. The highest BCUT2D eigenvalue weighted by Gasteiger charge is 2.32. The molecule has 1 N–H and O–H groups in total. The Kier molecular flexibility index (Phi) is 4.80. The van der Waals surface area contributed by atoms with Crippen molar-refractivity contribution in [2.45, 2.75) is 52.5 Å². The molecule has 1 aliphatic carbocycles. The highest BCUT2D eigenvalue weighted by molar-refractivity contribution is 5.87. The number of amides is 1. The van der Waals surface area contributed by atoms with E-state index in [1.54, 1.807) is 0 Å². The van der Waals surface area contributed by atoms with Crippen molar-refractivity contribution < 1.29 is 4.79 Å². The molecule has 1 aliphatic rings. The number of hydrogen-bond donors (Lipinski definition) is 1. The molecule has 0 radical (unpaired) electrons. The fraction of sp³-hybridized carbons (Fsp3) is 0.348. The van der Waals surface area contributed by atoms with Crippen molar-refractivity contribution in [3.05, 3.63) is 81.9 Å². The van der Waals surface area contributed by atoms with Crippen molar-refractivity contribution in [2.75, 3.05) is 0 Å². The lowest BCUT2D eigenvalue weighted by Crippen LogP contribution is -2.32. The molecular formula is C23H27NO. The Balaban J connectivity index is 2.14. The first-order chi connectivity index (χ1) is 11.9. The maximum absolute atomic E-state index is 11.9. The van der Waals surface area contributed by atoms with Gasteiger partial charge in [-0.25, -0.2) is 0 Å². The number of fused-ring (bicyclic) bond motifs is 1. The summed E-state index contributed by atoms with van der Waals surface area (Å²) in [5, 5.41) is 3.13. The Labute approximate surface area is 151 Å². The maximum atomic E-state index is 11.9. The Morgan fingerprint density at radius 2 is 1.64 bits per heavy atom. The highest BCUT2D eigenvalue weighted by Crippen LogP contribution is 2.45. The van der Waals surface area contributed by atoms with E-state index in [9.17, 15) is 4.79 Å². The molecule has 2 atom stereocenters. The van der Waals surface area contributed by atoms with E-state index in [1.165, 1.54) is 45.0 Å². The number of aryl methyl sites for hydroxylation is 4. The van der Waals surface area contributed by atoms with Crippen molar-refractivity contribution in [1.82, 2.24) is 5.32 Å². The summed E-state index contributed by atoms with van der Waals surface area (Å²) in [6, 6.07) is 11.2. The predicted octanol–water partition coefficient (Wildman–Crippen LogP) is 5.19. The fourth-order valence-corrected chi connectivity index (χ4v) is 4.22. The molecular weight excluding hydrogens is 306 g/mol. The summed E-state index contributed by atoms with van der Waals surface area (Å²) in [6.07, 6.45) is 3.36. The van der Waals surface area contributed by atoms with E-state index < -0.39 is 0 Å². The lowest BCUT2D eigenvalue weighted by Gasteiger charge is -2.35. The molecule has 0 spiro atoms.